The summed E-state index contributed by atoms with van der Waals surface area (Å²) in [6.45, 7) is 7.91. The summed E-state index contributed by atoms with van der Waals surface area (Å²) in [4.78, 5) is 11.7. The first-order chi connectivity index (χ1) is 6.94. The minimum Gasteiger partial charge on any atom is -0.353 e. The zero-order valence-electron chi connectivity index (χ0n) is 10.1. The molecule has 0 aliphatic rings. The molecule has 0 spiro atoms. The van der Waals surface area contributed by atoms with Gasteiger partial charge in [0.1, 0.15) is 0 Å². The molecule has 0 rings (SSSR count). The van der Waals surface area contributed by atoms with Gasteiger partial charge < -0.3 is 5.32 Å². The fourth-order valence-electron chi connectivity index (χ4n) is 0.956. The van der Waals surface area contributed by atoms with E-state index >= 15 is 0 Å². The van der Waals surface area contributed by atoms with Gasteiger partial charge in [0, 0.05) is 11.9 Å². The number of carbonyl (C=O) groups excluding carboxylic acids is 1. The molecule has 0 bridgehead atoms. The molecule has 90 valence electrons. The zero-order chi connectivity index (χ0) is 11.9. The highest BCUT2D eigenvalue weighted by Crippen LogP contribution is 2.17. The Morgan fingerprint density at radius 1 is 1.53 bits per heavy atom. The third-order valence-electron chi connectivity index (χ3n) is 2.23. The fourth-order valence-corrected chi connectivity index (χ4v) is 1.89. The zero-order valence-corrected chi connectivity index (χ0v) is 11.7. The van der Waals surface area contributed by atoms with Gasteiger partial charge in [0.15, 0.2) is 0 Å². The SMILES string of the molecule is CCSCCC(C)NC(=O)C(C)(C)CCl. The average molecular weight is 252 g/mol. The van der Waals surface area contributed by atoms with Crippen LogP contribution in [0.3, 0.4) is 0 Å². The van der Waals surface area contributed by atoms with Crippen LogP contribution in [0, 0.1) is 5.41 Å². The second kappa shape index (κ2) is 7.39. The molecular formula is C11H22ClNOS. The lowest BCUT2D eigenvalue weighted by atomic mass is 9.95. The largest absolute Gasteiger partial charge is 0.353 e. The number of thioether (sulfide) groups is 1. The van der Waals surface area contributed by atoms with E-state index < -0.39 is 5.41 Å². The molecule has 0 saturated carbocycles. The predicted molar refractivity (Wildman–Crippen MR) is 69.7 cm³/mol. The first-order valence-electron chi connectivity index (χ1n) is 5.38. The van der Waals surface area contributed by atoms with Crippen molar-refractivity contribution in [1.29, 1.82) is 0 Å². The van der Waals surface area contributed by atoms with Gasteiger partial charge in [0.2, 0.25) is 5.91 Å². The third kappa shape index (κ3) is 6.31. The Bertz CT molecular complexity index is 197. The van der Waals surface area contributed by atoms with Gasteiger partial charge in [-0.2, -0.15) is 11.8 Å². The molecule has 0 radical (unpaired) electrons. The lowest BCUT2D eigenvalue weighted by Gasteiger charge is -2.23. The molecular weight excluding hydrogens is 230 g/mol. The smallest absolute Gasteiger partial charge is 0.227 e. The lowest BCUT2D eigenvalue weighted by Crippen LogP contribution is -2.42. The number of halogens is 1. The van der Waals surface area contributed by atoms with Crippen LogP contribution in [0.1, 0.15) is 34.1 Å². The fraction of sp³-hybridized carbons (Fsp3) is 0.909. The summed E-state index contributed by atoms with van der Waals surface area (Å²) >= 11 is 7.63. The minimum absolute atomic E-state index is 0.0477. The Hall–Kier alpha value is 0.110. The van der Waals surface area contributed by atoms with E-state index in [0.29, 0.717) is 5.88 Å². The molecule has 1 unspecified atom stereocenters. The summed E-state index contributed by atoms with van der Waals surface area (Å²) in [7, 11) is 0. The van der Waals surface area contributed by atoms with E-state index in [-0.39, 0.29) is 11.9 Å². The van der Waals surface area contributed by atoms with E-state index in [4.69, 9.17) is 11.6 Å². The molecule has 1 N–H and O–H groups in total. The van der Waals surface area contributed by atoms with E-state index in [1.165, 1.54) is 0 Å². The minimum atomic E-state index is -0.465. The maximum Gasteiger partial charge on any atom is 0.227 e. The highest BCUT2D eigenvalue weighted by Gasteiger charge is 2.27. The molecule has 1 amide bonds. The summed E-state index contributed by atoms with van der Waals surface area (Å²) in [6, 6.07) is 0.235. The lowest BCUT2D eigenvalue weighted by molar-refractivity contribution is -0.128. The van der Waals surface area contributed by atoms with E-state index in [9.17, 15) is 4.79 Å². The van der Waals surface area contributed by atoms with Crippen molar-refractivity contribution in [3.63, 3.8) is 0 Å². The summed E-state index contributed by atoms with van der Waals surface area (Å²) in [5.74, 6) is 2.63. The van der Waals surface area contributed by atoms with Crippen LogP contribution in [0.25, 0.3) is 0 Å². The van der Waals surface area contributed by atoms with Gasteiger partial charge >= 0.3 is 0 Å². The summed E-state index contributed by atoms with van der Waals surface area (Å²) < 4.78 is 0. The Balaban J connectivity index is 3.86. The highest BCUT2D eigenvalue weighted by molar-refractivity contribution is 7.99. The number of carbonyl (C=O) groups is 1. The summed E-state index contributed by atoms with van der Waals surface area (Å²) in [5.41, 5.74) is -0.465. The van der Waals surface area contributed by atoms with Gasteiger partial charge in [-0.3, -0.25) is 4.79 Å². The van der Waals surface area contributed by atoms with Crippen LogP contribution in [0.15, 0.2) is 0 Å². The van der Waals surface area contributed by atoms with Crippen LogP contribution >= 0.6 is 23.4 Å². The summed E-state index contributed by atoms with van der Waals surface area (Å²) in [6.07, 6.45) is 1.02. The van der Waals surface area contributed by atoms with Crippen LogP contribution in [0.4, 0.5) is 0 Å². The molecule has 0 aromatic heterocycles. The number of rotatable bonds is 7. The predicted octanol–water partition coefficient (Wildman–Crippen LogP) is 2.90. The number of hydrogen-bond donors (Lipinski definition) is 1. The van der Waals surface area contributed by atoms with Crippen molar-refractivity contribution < 1.29 is 4.79 Å². The first kappa shape index (κ1) is 15.1. The second-order valence-electron chi connectivity index (χ2n) is 4.38. The molecule has 2 nitrogen and oxygen atoms in total. The van der Waals surface area contributed by atoms with Gasteiger partial charge in [-0.05, 0) is 38.7 Å². The van der Waals surface area contributed by atoms with E-state index in [1.807, 2.05) is 32.5 Å². The van der Waals surface area contributed by atoms with Crippen molar-refractivity contribution in [3.8, 4) is 0 Å². The second-order valence-corrected chi connectivity index (χ2v) is 6.04. The molecule has 0 fully saturated rings. The highest BCUT2D eigenvalue weighted by atomic mass is 35.5. The van der Waals surface area contributed by atoms with Gasteiger partial charge in [-0.15, -0.1) is 11.6 Å². The number of hydrogen-bond acceptors (Lipinski definition) is 2. The molecule has 0 aliphatic heterocycles. The Kier molecular flexibility index (Phi) is 7.45. The third-order valence-corrected chi connectivity index (χ3v) is 3.83. The standard InChI is InChI=1S/C11H22ClNOS/c1-5-15-7-6-9(2)13-10(14)11(3,4)8-12/h9H,5-8H2,1-4H3,(H,13,14). The van der Waals surface area contributed by atoms with Gasteiger partial charge in [0.05, 0.1) is 5.41 Å². The van der Waals surface area contributed by atoms with Crippen LogP contribution in [0.2, 0.25) is 0 Å². The van der Waals surface area contributed by atoms with Crippen molar-refractivity contribution in [2.45, 2.75) is 40.2 Å². The van der Waals surface area contributed by atoms with Crippen LogP contribution in [-0.4, -0.2) is 29.3 Å². The van der Waals surface area contributed by atoms with E-state index in [2.05, 4.69) is 12.2 Å². The van der Waals surface area contributed by atoms with Crippen molar-refractivity contribution in [2.75, 3.05) is 17.4 Å². The van der Waals surface area contributed by atoms with Gasteiger partial charge in [0.25, 0.3) is 0 Å². The van der Waals surface area contributed by atoms with E-state index in [1.54, 1.807) is 0 Å². The van der Waals surface area contributed by atoms with Crippen LogP contribution < -0.4 is 5.32 Å². The Labute approximate surface area is 103 Å². The van der Waals surface area contributed by atoms with Crippen molar-refractivity contribution in [3.05, 3.63) is 0 Å². The molecule has 1 atom stereocenters. The number of amides is 1. The quantitative estimate of drug-likeness (QED) is 0.557. The Morgan fingerprint density at radius 3 is 2.60 bits per heavy atom. The molecule has 0 heterocycles. The molecule has 0 aliphatic carbocycles. The Morgan fingerprint density at radius 2 is 2.13 bits per heavy atom. The monoisotopic (exact) mass is 251 g/mol. The normalized spacial score (nSPS) is 13.7. The van der Waals surface area contributed by atoms with Crippen molar-refractivity contribution in [2.24, 2.45) is 5.41 Å². The molecule has 4 heteroatoms. The molecule has 0 aromatic carbocycles. The average Bonchev–Trinajstić information content (AvgIpc) is 2.18. The van der Waals surface area contributed by atoms with Gasteiger partial charge in [-0.1, -0.05) is 6.92 Å². The maximum atomic E-state index is 11.7. The molecule has 0 saturated heterocycles. The molecule has 15 heavy (non-hydrogen) atoms. The number of nitrogens with one attached hydrogen (secondary N) is 1. The summed E-state index contributed by atoms with van der Waals surface area (Å²) in [5, 5.41) is 2.99. The topological polar surface area (TPSA) is 29.1 Å². The van der Waals surface area contributed by atoms with Crippen LogP contribution in [0.5, 0.6) is 0 Å². The first-order valence-corrected chi connectivity index (χ1v) is 7.07. The van der Waals surface area contributed by atoms with Crippen molar-refractivity contribution in [1.82, 2.24) is 5.32 Å². The van der Waals surface area contributed by atoms with Gasteiger partial charge in [-0.25, -0.2) is 0 Å². The van der Waals surface area contributed by atoms with E-state index in [0.717, 1.165) is 17.9 Å². The van der Waals surface area contributed by atoms with Crippen LogP contribution in [-0.2, 0) is 4.79 Å². The number of alkyl halides is 1. The van der Waals surface area contributed by atoms with Crippen molar-refractivity contribution >= 4 is 29.3 Å². The molecule has 0 aromatic rings. The maximum absolute atomic E-state index is 11.7.